The molecule has 0 saturated carbocycles. The lowest BCUT2D eigenvalue weighted by Gasteiger charge is -2.30. The number of nitrogens with zero attached hydrogens (tertiary/aromatic N) is 4. The number of piperidine rings is 1. The van der Waals surface area contributed by atoms with Crippen LogP contribution in [0.15, 0.2) is 23.6 Å². The van der Waals surface area contributed by atoms with E-state index in [4.69, 9.17) is 9.97 Å². The number of imidazole rings is 1. The molecule has 0 N–H and O–H groups in total. The highest BCUT2D eigenvalue weighted by atomic mass is 32.2. The molecule has 5 rings (SSSR count). The van der Waals surface area contributed by atoms with Crippen LogP contribution in [0.4, 0.5) is 0 Å². The summed E-state index contributed by atoms with van der Waals surface area (Å²) in [5.74, 6) is 1.42. The number of hydrogen-bond donors (Lipinski definition) is 0. The fourth-order valence-corrected chi connectivity index (χ4v) is 7.26. The van der Waals surface area contributed by atoms with E-state index >= 15 is 0 Å². The molecular formula is C22H26N4O3S2. The van der Waals surface area contributed by atoms with E-state index in [-0.39, 0.29) is 23.5 Å². The second kappa shape index (κ2) is 7.70. The molecule has 0 aromatic carbocycles. The lowest BCUT2D eigenvalue weighted by Crippen LogP contribution is -2.39. The van der Waals surface area contributed by atoms with Gasteiger partial charge < -0.3 is 9.47 Å². The number of hydrogen-bond acceptors (Lipinski definition) is 6. The Bertz CT molecular complexity index is 1250. The molecule has 9 heteroatoms. The molecule has 7 nitrogen and oxygen atoms in total. The first kappa shape index (κ1) is 20.6. The molecule has 3 aromatic rings. The van der Waals surface area contributed by atoms with Crippen LogP contribution in [0.5, 0.6) is 0 Å². The number of aryl methyl sites for hydroxylation is 1. The van der Waals surface area contributed by atoms with Gasteiger partial charge in [0.1, 0.15) is 11.3 Å². The standard InChI is InChI=1S/C22H26N4O3S2/c1-14-5-3-8-25(12-14)22(27)21-20-18(11-17(24-21)19-6-4-9-30-19)26(15(2)23-20)16-7-10-31(28,29)13-16/h4,6,9,11,14,16H,3,5,7-8,10,12-13H2,1-2H3. The lowest BCUT2D eigenvalue weighted by atomic mass is 10.00. The number of rotatable bonds is 3. The van der Waals surface area contributed by atoms with Gasteiger partial charge in [-0.15, -0.1) is 11.3 Å². The second-order valence-corrected chi connectivity index (χ2v) is 12.0. The van der Waals surface area contributed by atoms with Crippen LogP contribution in [0.2, 0.25) is 0 Å². The van der Waals surface area contributed by atoms with Crippen LogP contribution in [-0.2, 0) is 9.84 Å². The minimum absolute atomic E-state index is 0.0846. The van der Waals surface area contributed by atoms with Crippen molar-refractivity contribution in [2.24, 2.45) is 5.92 Å². The van der Waals surface area contributed by atoms with Crippen molar-refractivity contribution < 1.29 is 13.2 Å². The number of carbonyl (C=O) groups is 1. The number of likely N-dealkylation sites (tertiary alicyclic amines) is 1. The van der Waals surface area contributed by atoms with Gasteiger partial charge in [-0.25, -0.2) is 18.4 Å². The van der Waals surface area contributed by atoms with Gasteiger partial charge in [-0.3, -0.25) is 4.79 Å². The maximum Gasteiger partial charge on any atom is 0.274 e. The molecule has 2 unspecified atom stereocenters. The molecule has 31 heavy (non-hydrogen) atoms. The topological polar surface area (TPSA) is 85.2 Å². The number of sulfone groups is 1. The third-order valence-electron chi connectivity index (χ3n) is 6.35. The average Bonchev–Trinajstić information content (AvgIpc) is 3.45. The normalized spacial score (nSPS) is 23.5. The van der Waals surface area contributed by atoms with Gasteiger partial charge in [-0.05, 0) is 49.6 Å². The summed E-state index contributed by atoms with van der Waals surface area (Å²) in [5.41, 5.74) is 2.48. The Labute approximate surface area is 186 Å². The summed E-state index contributed by atoms with van der Waals surface area (Å²) >= 11 is 1.57. The fraction of sp³-hybridized carbons (Fsp3) is 0.500. The number of aromatic nitrogens is 3. The Morgan fingerprint density at radius 3 is 2.77 bits per heavy atom. The largest absolute Gasteiger partial charge is 0.337 e. The number of thiophene rings is 1. The molecule has 2 fully saturated rings. The molecule has 1 amide bonds. The summed E-state index contributed by atoms with van der Waals surface area (Å²) in [6.45, 7) is 5.51. The van der Waals surface area contributed by atoms with Crippen molar-refractivity contribution in [3.63, 3.8) is 0 Å². The van der Waals surface area contributed by atoms with Crippen molar-refractivity contribution in [1.29, 1.82) is 0 Å². The third-order valence-corrected chi connectivity index (χ3v) is 8.99. The lowest BCUT2D eigenvalue weighted by molar-refractivity contribution is 0.0679. The minimum Gasteiger partial charge on any atom is -0.337 e. The predicted octanol–water partition coefficient (Wildman–Crippen LogP) is 3.70. The quantitative estimate of drug-likeness (QED) is 0.597. The predicted molar refractivity (Wildman–Crippen MR) is 122 cm³/mol. The maximum atomic E-state index is 13.5. The van der Waals surface area contributed by atoms with Gasteiger partial charge >= 0.3 is 0 Å². The van der Waals surface area contributed by atoms with Crippen molar-refractivity contribution >= 4 is 38.1 Å². The third kappa shape index (κ3) is 3.78. The van der Waals surface area contributed by atoms with Gasteiger partial charge in [-0.1, -0.05) is 13.0 Å². The summed E-state index contributed by atoms with van der Waals surface area (Å²) < 4.78 is 26.3. The van der Waals surface area contributed by atoms with Gasteiger partial charge in [0, 0.05) is 13.1 Å². The molecule has 2 atom stereocenters. The summed E-state index contributed by atoms with van der Waals surface area (Å²) in [6, 6.07) is 5.75. The van der Waals surface area contributed by atoms with Gasteiger partial charge in [-0.2, -0.15) is 0 Å². The monoisotopic (exact) mass is 458 g/mol. The maximum absolute atomic E-state index is 13.5. The fourth-order valence-electron chi connectivity index (χ4n) is 4.87. The molecule has 0 bridgehead atoms. The molecule has 2 saturated heterocycles. The van der Waals surface area contributed by atoms with E-state index in [0.29, 0.717) is 23.5 Å². The van der Waals surface area contributed by atoms with E-state index < -0.39 is 9.84 Å². The zero-order chi connectivity index (χ0) is 21.8. The van der Waals surface area contributed by atoms with Gasteiger partial charge in [0.05, 0.1) is 33.6 Å². The zero-order valence-electron chi connectivity index (χ0n) is 17.7. The smallest absolute Gasteiger partial charge is 0.274 e. The Hall–Kier alpha value is -2.26. The number of fused-ring (bicyclic) bond motifs is 1. The molecule has 0 spiro atoms. The van der Waals surface area contributed by atoms with E-state index in [1.54, 1.807) is 11.3 Å². The molecule has 2 aliphatic rings. The van der Waals surface area contributed by atoms with E-state index in [2.05, 4.69) is 6.92 Å². The highest BCUT2D eigenvalue weighted by Gasteiger charge is 2.33. The molecule has 3 aromatic heterocycles. The van der Waals surface area contributed by atoms with Crippen LogP contribution in [0.25, 0.3) is 21.6 Å². The highest BCUT2D eigenvalue weighted by molar-refractivity contribution is 7.91. The number of carbonyl (C=O) groups excluding carboxylic acids is 1. The van der Waals surface area contributed by atoms with Crippen molar-refractivity contribution in [3.05, 3.63) is 35.1 Å². The highest BCUT2D eigenvalue weighted by Crippen LogP contribution is 2.34. The number of amides is 1. The molecule has 2 aliphatic heterocycles. The zero-order valence-corrected chi connectivity index (χ0v) is 19.4. The first-order valence-corrected chi connectivity index (χ1v) is 13.5. The molecule has 0 aliphatic carbocycles. The summed E-state index contributed by atoms with van der Waals surface area (Å²) in [4.78, 5) is 25.9. The second-order valence-electron chi connectivity index (χ2n) is 8.79. The van der Waals surface area contributed by atoms with E-state index in [1.807, 2.05) is 40.0 Å². The number of pyridine rings is 1. The van der Waals surface area contributed by atoms with Crippen LogP contribution in [0.3, 0.4) is 0 Å². The Morgan fingerprint density at radius 2 is 2.10 bits per heavy atom. The van der Waals surface area contributed by atoms with Crippen LogP contribution < -0.4 is 0 Å². The average molecular weight is 459 g/mol. The molecular weight excluding hydrogens is 432 g/mol. The van der Waals surface area contributed by atoms with Gasteiger partial charge in [0.2, 0.25) is 0 Å². The summed E-state index contributed by atoms with van der Waals surface area (Å²) in [7, 11) is -3.05. The van der Waals surface area contributed by atoms with Crippen LogP contribution in [0, 0.1) is 12.8 Å². The Balaban J connectivity index is 1.67. The van der Waals surface area contributed by atoms with Crippen molar-refractivity contribution in [1.82, 2.24) is 19.4 Å². The van der Waals surface area contributed by atoms with Gasteiger partial charge in [0.15, 0.2) is 15.5 Å². The van der Waals surface area contributed by atoms with E-state index in [1.165, 1.54) is 0 Å². The summed E-state index contributed by atoms with van der Waals surface area (Å²) in [5, 5.41) is 1.99. The van der Waals surface area contributed by atoms with Crippen LogP contribution in [0.1, 0.15) is 48.5 Å². The Morgan fingerprint density at radius 1 is 1.26 bits per heavy atom. The van der Waals surface area contributed by atoms with Crippen molar-refractivity contribution in [3.8, 4) is 10.6 Å². The van der Waals surface area contributed by atoms with E-state index in [9.17, 15) is 13.2 Å². The SMILES string of the molecule is Cc1nc2c(C(=O)N3CCCC(C)C3)nc(-c3cccs3)cc2n1C1CCS(=O)(=O)C1. The first-order chi connectivity index (χ1) is 14.8. The molecule has 0 radical (unpaired) electrons. The molecule has 5 heterocycles. The van der Waals surface area contributed by atoms with Gasteiger partial charge in [0.25, 0.3) is 5.91 Å². The Kier molecular flexibility index (Phi) is 5.13. The summed E-state index contributed by atoms with van der Waals surface area (Å²) in [6.07, 6.45) is 2.69. The first-order valence-electron chi connectivity index (χ1n) is 10.8. The van der Waals surface area contributed by atoms with Crippen molar-refractivity contribution in [2.45, 2.75) is 39.2 Å². The van der Waals surface area contributed by atoms with Crippen molar-refractivity contribution in [2.75, 3.05) is 24.6 Å². The van der Waals surface area contributed by atoms with Crippen LogP contribution in [-0.4, -0.2) is 58.4 Å². The molecule has 164 valence electrons. The minimum atomic E-state index is -3.05. The van der Waals surface area contributed by atoms with E-state index in [0.717, 1.165) is 47.8 Å². The van der Waals surface area contributed by atoms with Crippen LogP contribution >= 0.6 is 11.3 Å².